The second kappa shape index (κ2) is 6.16. The molecule has 1 aromatic carbocycles. The summed E-state index contributed by atoms with van der Waals surface area (Å²) in [6.45, 7) is 1.63. The number of carbonyl (C=O) groups is 1. The molecule has 112 valence electrons. The van der Waals surface area contributed by atoms with Crippen molar-refractivity contribution in [2.75, 3.05) is 0 Å². The van der Waals surface area contributed by atoms with Crippen LogP contribution in [0.15, 0.2) is 54.1 Å². The van der Waals surface area contributed by atoms with Gasteiger partial charge in [0, 0.05) is 6.08 Å². The summed E-state index contributed by atoms with van der Waals surface area (Å²) in [5.41, 5.74) is -2.43. The molecule has 0 N–H and O–H groups in total. The molecule has 0 saturated heterocycles. The third kappa shape index (κ3) is 3.17. The Balaban J connectivity index is 2.15. The highest BCUT2D eigenvalue weighted by Gasteiger charge is 2.45. The molecule has 5 heteroatoms. The zero-order chi connectivity index (χ0) is 15.5. The van der Waals surface area contributed by atoms with E-state index < -0.39 is 23.6 Å². The fraction of sp³-hybridized carbons (Fsp3) is 0.312. The Hall–Kier alpha value is -2.04. The van der Waals surface area contributed by atoms with E-state index in [0.717, 1.165) is 12.2 Å². The van der Waals surface area contributed by atoms with E-state index in [1.54, 1.807) is 25.1 Å². The van der Waals surface area contributed by atoms with Gasteiger partial charge >= 0.3 is 5.97 Å². The van der Waals surface area contributed by atoms with Gasteiger partial charge in [-0.3, -0.25) is 0 Å². The third-order valence-electron chi connectivity index (χ3n) is 3.25. The summed E-state index contributed by atoms with van der Waals surface area (Å²) in [6.07, 6.45) is -0.634. The maximum absolute atomic E-state index is 14.2. The van der Waals surface area contributed by atoms with Crippen LogP contribution in [0, 0.1) is 0 Å². The van der Waals surface area contributed by atoms with Crippen LogP contribution >= 0.6 is 0 Å². The summed E-state index contributed by atoms with van der Waals surface area (Å²) in [7, 11) is 0. The zero-order valence-corrected chi connectivity index (χ0v) is 11.5. The molecule has 0 amide bonds. The Kier molecular flexibility index (Phi) is 4.50. The van der Waals surface area contributed by atoms with E-state index in [1.807, 2.05) is 0 Å². The summed E-state index contributed by atoms with van der Waals surface area (Å²) < 4.78 is 46.7. The quantitative estimate of drug-likeness (QED) is 0.768. The van der Waals surface area contributed by atoms with E-state index in [0.29, 0.717) is 6.42 Å². The molecule has 0 spiro atoms. The van der Waals surface area contributed by atoms with Crippen molar-refractivity contribution >= 4 is 5.97 Å². The highest BCUT2D eigenvalue weighted by Crippen LogP contribution is 2.39. The van der Waals surface area contributed by atoms with Crippen molar-refractivity contribution in [3.8, 4) is 0 Å². The number of hydrogen-bond donors (Lipinski definition) is 0. The minimum atomic E-state index is -2.67. The minimum absolute atomic E-state index is 0.244. The standard InChI is InChI=1S/C16H15F3O2/c1-2-8-16(19)13(17)9-12(10-14(16)18)21-15(20)11-6-4-3-5-7-11/h3-7,9-10,13H,2,8H2,1H3. The van der Waals surface area contributed by atoms with Gasteiger partial charge in [-0.1, -0.05) is 31.5 Å². The number of esters is 1. The van der Waals surface area contributed by atoms with Crippen molar-refractivity contribution in [2.24, 2.45) is 0 Å². The van der Waals surface area contributed by atoms with Gasteiger partial charge in [0.15, 0.2) is 11.8 Å². The predicted octanol–water partition coefficient (Wildman–Crippen LogP) is 4.44. The fourth-order valence-electron chi connectivity index (χ4n) is 2.13. The molecule has 2 unspecified atom stereocenters. The van der Waals surface area contributed by atoms with Crippen LogP contribution in [0.1, 0.15) is 30.1 Å². The van der Waals surface area contributed by atoms with Crippen molar-refractivity contribution in [3.63, 3.8) is 0 Å². The molecule has 2 rings (SSSR count). The molecule has 0 aromatic heterocycles. The molecular weight excluding hydrogens is 281 g/mol. The molecule has 0 aliphatic heterocycles. The monoisotopic (exact) mass is 296 g/mol. The van der Waals surface area contributed by atoms with Gasteiger partial charge in [0.1, 0.15) is 11.6 Å². The van der Waals surface area contributed by atoms with Gasteiger partial charge in [-0.25, -0.2) is 18.0 Å². The molecule has 1 aliphatic rings. The van der Waals surface area contributed by atoms with Crippen LogP contribution in [0.4, 0.5) is 13.2 Å². The summed E-state index contributed by atoms with van der Waals surface area (Å²) >= 11 is 0. The van der Waals surface area contributed by atoms with Crippen molar-refractivity contribution in [1.29, 1.82) is 0 Å². The number of ether oxygens (including phenoxy) is 1. The fourth-order valence-corrected chi connectivity index (χ4v) is 2.13. The number of allylic oxidation sites excluding steroid dienone is 3. The summed E-state index contributed by atoms with van der Waals surface area (Å²) in [5, 5.41) is 0. The lowest BCUT2D eigenvalue weighted by Crippen LogP contribution is -2.37. The Labute approximate surface area is 120 Å². The number of hydrogen-bond acceptors (Lipinski definition) is 2. The number of carbonyl (C=O) groups excluding carboxylic acids is 1. The zero-order valence-electron chi connectivity index (χ0n) is 11.5. The maximum Gasteiger partial charge on any atom is 0.343 e. The van der Waals surface area contributed by atoms with Gasteiger partial charge in [0.05, 0.1) is 5.56 Å². The number of rotatable bonds is 4. The van der Waals surface area contributed by atoms with Gasteiger partial charge < -0.3 is 4.74 Å². The van der Waals surface area contributed by atoms with E-state index in [1.165, 1.54) is 12.1 Å². The Morgan fingerprint density at radius 3 is 2.57 bits per heavy atom. The van der Waals surface area contributed by atoms with Crippen molar-refractivity contribution < 1.29 is 22.7 Å². The molecule has 1 aliphatic carbocycles. The Morgan fingerprint density at radius 1 is 1.33 bits per heavy atom. The van der Waals surface area contributed by atoms with Crippen molar-refractivity contribution in [3.05, 3.63) is 59.6 Å². The van der Waals surface area contributed by atoms with Crippen LogP contribution in [-0.2, 0) is 4.74 Å². The summed E-state index contributed by atoms with van der Waals surface area (Å²) in [5.74, 6) is -2.33. The first-order chi connectivity index (χ1) is 9.97. The maximum atomic E-state index is 14.2. The number of benzene rings is 1. The molecule has 0 radical (unpaired) electrons. The Bertz CT molecular complexity index is 580. The van der Waals surface area contributed by atoms with Gasteiger partial charge in [-0.2, -0.15) is 0 Å². The van der Waals surface area contributed by atoms with Crippen molar-refractivity contribution in [2.45, 2.75) is 31.6 Å². The third-order valence-corrected chi connectivity index (χ3v) is 3.25. The molecule has 2 atom stereocenters. The van der Waals surface area contributed by atoms with E-state index >= 15 is 0 Å². The molecule has 2 nitrogen and oxygen atoms in total. The minimum Gasteiger partial charge on any atom is -0.423 e. The SMILES string of the molecule is CCCC1(F)C(F)=CC(OC(=O)c2ccccc2)=CC1F. The van der Waals surface area contributed by atoms with Crippen LogP contribution in [-0.4, -0.2) is 17.8 Å². The molecule has 0 heterocycles. The first-order valence-corrected chi connectivity index (χ1v) is 6.67. The second-order valence-corrected chi connectivity index (χ2v) is 4.83. The van der Waals surface area contributed by atoms with Gasteiger partial charge in [0.25, 0.3) is 0 Å². The molecular formula is C16H15F3O2. The first kappa shape index (κ1) is 15.4. The van der Waals surface area contributed by atoms with E-state index in [2.05, 4.69) is 0 Å². The lowest BCUT2D eigenvalue weighted by Gasteiger charge is -2.28. The first-order valence-electron chi connectivity index (χ1n) is 6.67. The van der Waals surface area contributed by atoms with Gasteiger partial charge in [-0.05, 0) is 24.6 Å². The predicted molar refractivity (Wildman–Crippen MR) is 72.8 cm³/mol. The second-order valence-electron chi connectivity index (χ2n) is 4.83. The average Bonchev–Trinajstić information content (AvgIpc) is 2.46. The topological polar surface area (TPSA) is 26.3 Å². The van der Waals surface area contributed by atoms with E-state index in [4.69, 9.17) is 4.74 Å². The molecule has 0 bridgehead atoms. The molecule has 1 aromatic rings. The molecule has 0 saturated carbocycles. The summed E-state index contributed by atoms with van der Waals surface area (Å²) in [6, 6.07) is 8.00. The molecule has 21 heavy (non-hydrogen) atoms. The average molecular weight is 296 g/mol. The van der Waals surface area contributed by atoms with Crippen LogP contribution < -0.4 is 0 Å². The van der Waals surface area contributed by atoms with E-state index in [-0.39, 0.29) is 17.7 Å². The molecule has 0 fully saturated rings. The van der Waals surface area contributed by atoms with Gasteiger partial charge in [0.2, 0.25) is 0 Å². The smallest absolute Gasteiger partial charge is 0.343 e. The Morgan fingerprint density at radius 2 is 2.00 bits per heavy atom. The van der Waals surface area contributed by atoms with Crippen LogP contribution in [0.3, 0.4) is 0 Å². The summed E-state index contributed by atoms with van der Waals surface area (Å²) in [4.78, 5) is 11.8. The van der Waals surface area contributed by atoms with Crippen LogP contribution in [0.25, 0.3) is 0 Å². The highest BCUT2D eigenvalue weighted by atomic mass is 19.2. The van der Waals surface area contributed by atoms with Crippen molar-refractivity contribution in [1.82, 2.24) is 0 Å². The van der Waals surface area contributed by atoms with Gasteiger partial charge in [-0.15, -0.1) is 0 Å². The number of alkyl halides is 2. The van der Waals surface area contributed by atoms with E-state index in [9.17, 15) is 18.0 Å². The largest absolute Gasteiger partial charge is 0.423 e. The normalized spacial score (nSPS) is 25.0. The lowest BCUT2D eigenvalue weighted by molar-refractivity contribution is 0.0559. The number of halogens is 3. The lowest BCUT2D eigenvalue weighted by atomic mass is 9.89. The van der Waals surface area contributed by atoms with Crippen LogP contribution in [0.5, 0.6) is 0 Å². The highest BCUT2D eigenvalue weighted by molar-refractivity contribution is 5.90. The van der Waals surface area contributed by atoms with Crippen LogP contribution in [0.2, 0.25) is 0 Å².